The Morgan fingerprint density at radius 2 is 1.59 bits per heavy atom. The summed E-state index contributed by atoms with van der Waals surface area (Å²) in [7, 11) is 5.28. The molecule has 2 saturated carbocycles. The standard InChI is InChI=1S/C18H29NO3/c1-20-16-7-5-14(6-8-16)15(12-19)10-13-4-9-17(21-2)18(11-13)22-3/h10,13-14,16-18H,4-9,11H2,1-3H3. The van der Waals surface area contributed by atoms with Gasteiger partial charge in [0.1, 0.15) is 0 Å². The van der Waals surface area contributed by atoms with E-state index < -0.39 is 0 Å². The molecule has 0 radical (unpaired) electrons. The smallest absolute Gasteiger partial charge is 0.0946 e. The highest BCUT2D eigenvalue weighted by molar-refractivity contribution is 5.25. The van der Waals surface area contributed by atoms with E-state index in [1.807, 2.05) is 0 Å². The third-order valence-electron chi connectivity index (χ3n) is 5.37. The molecule has 4 heteroatoms. The molecule has 0 spiro atoms. The molecule has 0 aromatic heterocycles. The van der Waals surface area contributed by atoms with Crippen LogP contribution in [0, 0.1) is 23.2 Å². The highest BCUT2D eigenvalue weighted by Crippen LogP contribution is 2.34. The molecule has 2 rings (SSSR count). The fraction of sp³-hybridized carbons (Fsp3) is 0.833. The molecule has 0 amide bonds. The molecule has 0 heterocycles. The fourth-order valence-corrected chi connectivity index (χ4v) is 3.93. The average Bonchev–Trinajstić information content (AvgIpc) is 2.59. The lowest BCUT2D eigenvalue weighted by molar-refractivity contribution is -0.0656. The van der Waals surface area contributed by atoms with Gasteiger partial charge in [-0.2, -0.15) is 5.26 Å². The molecule has 22 heavy (non-hydrogen) atoms. The first-order valence-corrected chi connectivity index (χ1v) is 8.42. The molecule has 2 aliphatic rings. The molecule has 2 aliphatic carbocycles. The van der Waals surface area contributed by atoms with Gasteiger partial charge >= 0.3 is 0 Å². The van der Waals surface area contributed by atoms with Gasteiger partial charge in [0.2, 0.25) is 0 Å². The lowest BCUT2D eigenvalue weighted by atomic mass is 9.79. The summed E-state index contributed by atoms with van der Waals surface area (Å²) in [5.74, 6) is 0.851. The molecule has 2 fully saturated rings. The van der Waals surface area contributed by atoms with Gasteiger partial charge in [0.15, 0.2) is 0 Å². The Bertz CT molecular complexity index is 407. The third-order valence-corrected chi connectivity index (χ3v) is 5.37. The highest BCUT2D eigenvalue weighted by Gasteiger charge is 2.31. The second-order valence-electron chi connectivity index (χ2n) is 6.56. The number of hydrogen-bond acceptors (Lipinski definition) is 4. The van der Waals surface area contributed by atoms with E-state index in [1.54, 1.807) is 21.3 Å². The maximum Gasteiger partial charge on any atom is 0.0946 e. The predicted molar refractivity (Wildman–Crippen MR) is 85.4 cm³/mol. The van der Waals surface area contributed by atoms with Crippen molar-refractivity contribution < 1.29 is 14.2 Å². The predicted octanol–water partition coefficient (Wildman–Crippen LogP) is 3.47. The van der Waals surface area contributed by atoms with E-state index in [4.69, 9.17) is 14.2 Å². The Kier molecular flexibility index (Phi) is 6.88. The summed E-state index contributed by atoms with van der Waals surface area (Å²) in [5.41, 5.74) is 0.977. The Balaban J connectivity index is 1.96. The SMILES string of the molecule is COC1CCC(C(C#N)=CC2CCC(OC)C(OC)C2)CC1. The quantitative estimate of drug-likeness (QED) is 0.730. The van der Waals surface area contributed by atoms with Crippen molar-refractivity contribution in [2.75, 3.05) is 21.3 Å². The van der Waals surface area contributed by atoms with E-state index in [2.05, 4.69) is 12.1 Å². The molecule has 4 nitrogen and oxygen atoms in total. The van der Waals surface area contributed by atoms with Crippen LogP contribution in [0.5, 0.6) is 0 Å². The zero-order valence-electron chi connectivity index (χ0n) is 14.1. The van der Waals surface area contributed by atoms with Crippen LogP contribution in [-0.4, -0.2) is 39.6 Å². The molecule has 0 aliphatic heterocycles. The summed E-state index contributed by atoms with van der Waals surface area (Å²) in [6, 6.07) is 2.46. The minimum atomic E-state index is 0.143. The molecule has 3 unspecified atom stereocenters. The number of rotatable bonds is 5. The monoisotopic (exact) mass is 307 g/mol. The van der Waals surface area contributed by atoms with Crippen molar-refractivity contribution in [1.29, 1.82) is 5.26 Å². The summed E-state index contributed by atoms with van der Waals surface area (Å²) in [6.45, 7) is 0. The zero-order valence-corrected chi connectivity index (χ0v) is 14.1. The van der Waals surface area contributed by atoms with Gasteiger partial charge in [-0.25, -0.2) is 0 Å². The number of nitriles is 1. The first-order valence-electron chi connectivity index (χ1n) is 8.42. The maximum absolute atomic E-state index is 9.55. The van der Waals surface area contributed by atoms with Gasteiger partial charge in [-0.15, -0.1) is 0 Å². The van der Waals surface area contributed by atoms with Crippen LogP contribution in [0.25, 0.3) is 0 Å². The van der Waals surface area contributed by atoms with E-state index >= 15 is 0 Å². The van der Waals surface area contributed by atoms with Crippen molar-refractivity contribution in [3.05, 3.63) is 11.6 Å². The molecule has 3 atom stereocenters. The Labute approximate surface area is 134 Å². The molecular formula is C18H29NO3. The van der Waals surface area contributed by atoms with E-state index in [0.717, 1.165) is 50.5 Å². The van der Waals surface area contributed by atoms with E-state index in [-0.39, 0.29) is 12.2 Å². The normalized spacial score (nSPS) is 36.8. The van der Waals surface area contributed by atoms with Gasteiger partial charge in [-0.1, -0.05) is 6.08 Å². The van der Waals surface area contributed by atoms with Crippen molar-refractivity contribution in [2.45, 2.75) is 63.3 Å². The first kappa shape index (κ1) is 17.5. The van der Waals surface area contributed by atoms with Crippen LogP contribution in [0.15, 0.2) is 11.6 Å². The number of methoxy groups -OCH3 is 3. The van der Waals surface area contributed by atoms with E-state index in [0.29, 0.717) is 17.9 Å². The molecule has 0 saturated heterocycles. The van der Waals surface area contributed by atoms with Crippen LogP contribution in [0.1, 0.15) is 44.9 Å². The molecule has 124 valence electrons. The summed E-state index contributed by atoms with van der Waals surface area (Å²) in [4.78, 5) is 0. The summed E-state index contributed by atoms with van der Waals surface area (Å²) in [6.07, 6.45) is 10.2. The van der Waals surface area contributed by atoms with Gasteiger partial charge < -0.3 is 14.2 Å². The Morgan fingerprint density at radius 3 is 2.14 bits per heavy atom. The topological polar surface area (TPSA) is 51.5 Å². The lowest BCUT2D eigenvalue weighted by Gasteiger charge is -2.34. The Hall–Kier alpha value is -0.890. The van der Waals surface area contributed by atoms with Crippen LogP contribution >= 0.6 is 0 Å². The van der Waals surface area contributed by atoms with Crippen LogP contribution in [0.3, 0.4) is 0 Å². The minimum Gasteiger partial charge on any atom is -0.381 e. The second-order valence-corrected chi connectivity index (χ2v) is 6.56. The molecule has 0 N–H and O–H groups in total. The van der Waals surface area contributed by atoms with Crippen molar-refractivity contribution in [1.82, 2.24) is 0 Å². The van der Waals surface area contributed by atoms with E-state index in [1.165, 1.54) is 0 Å². The summed E-state index contributed by atoms with van der Waals surface area (Å²) < 4.78 is 16.5. The van der Waals surface area contributed by atoms with Crippen molar-refractivity contribution in [2.24, 2.45) is 11.8 Å². The van der Waals surface area contributed by atoms with Gasteiger partial charge in [0.05, 0.1) is 24.4 Å². The summed E-state index contributed by atoms with van der Waals surface area (Å²) in [5, 5.41) is 9.55. The molecule has 0 bridgehead atoms. The average molecular weight is 307 g/mol. The fourth-order valence-electron chi connectivity index (χ4n) is 3.93. The van der Waals surface area contributed by atoms with Crippen LogP contribution in [0.4, 0.5) is 0 Å². The van der Waals surface area contributed by atoms with Crippen LogP contribution in [-0.2, 0) is 14.2 Å². The number of allylic oxidation sites excluding steroid dienone is 2. The third kappa shape index (κ3) is 4.32. The van der Waals surface area contributed by atoms with E-state index in [9.17, 15) is 5.26 Å². The minimum absolute atomic E-state index is 0.143. The highest BCUT2D eigenvalue weighted by atomic mass is 16.5. The zero-order chi connectivity index (χ0) is 15.9. The first-order chi connectivity index (χ1) is 10.7. The van der Waals surface area contributed by atoms with Crippen molar-refractivity contribution in [3.8, 4) is 6.07 Å². The van der Waals surface area contributed by atoms with Crippen molar-refractivity contribution >= 4 is 0 Å². The van der Waals surface area contributed by atoms with Crippen LogP contribution in [0.2, 0.25) is 0 Å². The molecule has 0 aromatic rings. The van der Waals surface area contributed by atoms with Gasteiger partial charge in [0, 0.05) is 26.9 Å². The second kappa shape index (κ2) is 8.67. The number of ether oxygens (including phenoxy) is 3. The maximum atomic E-state index is 9.55. The van der Waals surface area contributed by atoms with Crippen LogP contribution < -0.4 is 0 Å². The van der Waals surface area contributed by atoms with Crippen molar-refractivity contribution in [3.63, 3.8) is 0 Å². The van der Waals surface area contributed by atoms with Gasteiger partial charge in [-0.3, -0.25) is 0 Å². The number of nitrogens with zero attached hydrogens (tertiary/aromatic N) is 1. The molecule has 0 aromatic carbocycles. The van der Waals surface area contributed by atoms with Gasteiger partial charge in [0.25, 0.3) is 0 Å². The molecular weight excluding hydrogens is 278 g/mol. The lowest BCUT2D eigenvalue weighted by Crippen LogP contribution is -2.36. The van der Waals surface area contributed by atoms with Gasteiger partial charge in [-0.05, 0) is 56.8 Å². The number of hydrogen-bond donors (Lipinski definition) is 0. The largest absolute Gasteiger partial charge is 0.381 e. The summed E-state index contributed by atoms with van der Waals surface area (Å²) >= 11 is 0. The Morgan fingerprint density at radius 1 is 0.909 bits per heavy atom.